The number of hydrogen-bond donors (Lipinski definition) is 1. The molecule has 0 fully saturated rings. The third-order valence-electron chi connectivity index (χ3n) is 2.31. The zero-order valence-electron chi connectivity index (χ0n) is 9.97. The number of rotatable bonds is 10. The first-order valence-electron chi connectivity index (χ1n) is 5.82. The highest BCUT2D eigenvalue weighted by atomic mass is 19.3. The van der Waals surface area contributed by atoms with Gasteiger partial charge in [0.15, 0.2) is 0 Å². The van der Waals surface area contributed by atoms with Crippen LogP contribution in [-0.2, 0) is 4.74 Å². The molecule has 0 aliphatic rings. The molecule has 0 rings (SSSR count). The third kappa shape index (κ3) is 8.37. The molecule has 0 heterocycles. The molecule has 17 heavy (non-hydrogen) atoms. The lowest BCUT2D eigenvalue weighted by Crippen LogP contribution is -2.33. The van der Waals surface area contributed by atoms with E-state index in [0.717, 1.165) is 25.7 Å². The first-order chi connectivity index (χ1) is 7.90. The average molecular weight is 260 g/mol. The van der Waals surface area contributed by atoms with Gasteiger partial charge in [0, 0.05) is 0 Å². The minimum Gasteiger partial charge on any atom is -0.391 e. The van der Waals surface area contributed by atoms with Crippen LogP contribution in [0.25, 0.3) is 0 Å². The van der Waals surface area contributed by atoms with E-state index in [0.29, 0.717) is 6.42 Å². The molecule has 0 radical (unpaired) electrons. The first kappa shape index (κ1) is 16.6. The maximum Gasteiger partial charge on any atom is 0.330 e. The minimum atomic E-state index is -4.14. The SMILES string of the molecule is CCCCCCC(O)COCC(F)(F)C(F)F. The molecular weight excluding hydrogens is 240 g/mol. The molecule has 0 aromatic rings. The fraction of sp³-hybridized carbons (Fsp3) is 1.00. The van der Waals surface area contributed by atoms with E-state index in [4.69, 9.17) is 0 Å². The molecule has 0 aromatic heterocycles. The summed E-state index contributed by atoms with van der Waals surface area (Å²) < 4.78 is 52.6. The summed E-state index contributed by atoms with van der Waals surface area (Å²) in [5.74, 6) is -4.14. The maximum absolute atomic E-state index is 12.4. The molecule has 1 unspecified atom stereocenters. The number of ether oxygens (including phenoxy) is 1. The maximum atomic E-state index is 12.4. The number of unbranched alkanes of at least 4 members (excludes halogenated alkanes) is 3. The van der Waals surface area contributed by atoms with Crippen molar-refractivity contribution in [2.75, 3.05) is 13.2 Å². The largest absolute Gasteiger partial charge is 0.391 e. The summed E-state index contributed by atoms with van der Waals surface area (Å²) >= 11 is 0. The molecule has 0 aromatic carbocycles. The summed E-state index contributed by atoms with van der Waals surface area (Å²) in [5.41, 5.74) is 0. The summed E-state index contributed by atoms with van der Waals surface area (Å²) in [6.07, 6.45) is -0.293. The lowest BCUT2D eigenvalue weighted by atomic mass is 10.1. The van der Waals surface area contributed by atoms with Crippen LogP contribution in [0, 0.1) is 0 Å². The second kappa shape index (κ2) is 8.69. The molecule has 104 valence electrons. The van der Waals surface area contributed by atoms with Crippen LogP contribution in [0.5, 0.6) is 0 Å². The molecule has 0 saturated carbocycles. The molecule has 0 aliphatic carbocycles. The van der Waals surface area contributed by atoms with E-state index >= 15 is 0 Å². The van der Waals surface area contributed by atoms with Crippen LogP contribution >= 0.6 is 0 Å². The van der Waals surface area contributed by atoms with Crippen molar-refractivity contribution in [2.24, 2.45) is 0 Å². The predicted octanol–water partition coefficient (Wildman–Crippen LogP) is 3.23. The average Bonchev–Trinajstić information content (AvgIpc) is 2.24. The highest BCUT2D eigenvalue weighted by molar-refractivity contribution is 4.68. The van der Waals surface area contributed by atoms with Crippen LogP contribution < -0.4 is 0 Å². The molecule has 1 atom stereocenters. The van der Waals surface area contributed by atoms with Crippen molar-refractivity contribution in [3.05, 3.63) is 0 Å². The number of aliphatic hydroxyl groups is 1. The van der Waals surface area contributed by atoms with E-state index in [-0.39, 0.29) is 6.61 Å². The van der Waals surface area contributed by atoms with Crippen LogP contribution in [0.4, 0.5) is 17.6 Å². The summed E-state index contributed by atoms with van der Waals surface area (Å²) in [5, 5.41) is 9.33. The summed E-state index contributed by atoms with van der Waals surface area (Å²) in [4.78, 5) is 0. The molecule has 2 nitrogen and oxygen atoms in total. The van der Waals surface area contributed by atoms with Gasteiger partial charge in [0.05, 0.1) is 12.7 Å². The molecule has 0 amide bonds. The Labute approximate surface area is 99.0 Å². The second-order valence-corrected chi connectivity index (χ2v) is 4.08. The fourth-order valence-corrected chi connectivity index (χ4v) is 1.28. The van der Waals surface area contributed by atoms with Crippen molar-refractivity contribution in [2.45, 2.75) is 57.5 Å². The molecule has 6 heteroatoms. The van der Waals surface area contributed by atoms with Gasteiger partial charge in [-0.2, -0.15) is 8.78 Å². The minimum absolute atomic E-state index is 0.325. The van der Waals surface area contributed by atoms with Crippen LogP contribution in [0.3, 0.4) is 0 Å². The zero-order valence-corrected chi connectivity index (χ0v) is 9.97. The van der Waals surface area contributed by atoms with Gasteiger partial charge in [0.1, 0.15) is 6.61 Å². The van der Waals surface area contributed by atoms with Gasteiger partial charge in [-0.3, -0.25) is 0 Å². The molecule has 0 spiro atoms. The summed E-state index contributed by atoms with van der Waals surface area (Å²) in [7, 11) is 0. The second-order valence-electron chi connectivity index (χ2n) is 4.08. The molecular formula is C11H20F4O2. The lowest BCUT2D eigenvalue weighted by molar-refractivity contribution is -0.170. The van der Waals surface area contributed by atoms with Gasteiger partial charge >= 0.3 is 12.3 Å². The van der Waals surface area contributed by atoms with Gasteiger partial charge in [-0.05, 0) is 6.42 Å². The smallest absolute Gasteiger partial charge is 0.330 e. The Kier molecular flexibility index (Phi) is 8.51. The third-order valence-corrected chi connectivity index (χ3v) is 2.31. The normalized spacial score (nSPS) is 14.3. The van der Waals surface area contributed by atoms with E-state index in [1.807, 2.05) is 6.92 Å². The highest BCUT2D eigenvalue weighted by Gasteiger charge is 2.41. The van der Waals surface area contributed by atoms with Crippen molar-refractivity contribution in [1.82, 2.24) is 0 Å². The number of hydrogen-bond acceptors (Lipinski definition) is 2. The van der Waals surface area contributed by atoms with E-state index < -0.39 is 25.1 Å². The molecule has 0 saturated heterocycles. The van der Waals surface area contributed by atoms with E-state index in [2.05, 4.69) is 4.74 Å². The quantitative estimate of drug-likeness (QED) is 0.482. The van der Waals surface area contributed by atoms with Crippen molar-refractivity contribution in [1.29, 1.82) is 0 Å². The van der Waals surface area contributed by atoms with E-state index in [1.54, 1.807) is 0 Å². The lowest BCUT2D eigenvalue weighted by Gasteiger charge is -2.17. The Balaban J connectivity index is 3.54. The Morgan fingerprint density at radius 2 is 1.82 bits per heavy atom. The first-order valence-corrected chi connectivity index (χ1v) is 5.82. The van der Waals surface area contributed by atoms with Gasteiger partial charge in [-0.1, -0.05) is 32.6 Å². The van der Waals surface area contributed by atoms with Crippen molar-refractivity contribution >= 4 is 0 Å². The predicted molar refractivity (Wildman–Crippen MR) is 56.5 cm³/mol. The zero-order chi connectivity index (χ0) is 13.3. The van der Waals surface area contributed by atoms with Crippen molar-refractivity contribution in [3.8, 4) is 0 Å². The Morgan fingerprint density at radius 1 is 1.18 bits per heavy atom. The Morgan fingerprint density at radius 3 is 2.35 bits per heavy atom. The van der Waals surface area contributed by atoms with Crippen LogP contribution in [-0.4, -0.2) is 36.8 Å². The summed E-state index contributed by atoms with van der Waals surface area (Å²) in [6.45, 7) is 0.372. The molecule has 0 bridgehead atoms. The van der Waals surface area contributed by atoms with Gasteiger partial charge in [-0.25, -0.2) is 8.78 Å². The van der Waals surface area contributed by atoms with Crippen LogP contribution in [0.2, 0.25) is 0 Å². The van der Waals surface area contributed by atoms with E-state index in [1.165, 1.54) is 0 Å². The van der Waals surface area contributed by atoms with Crippen LogP contribution in [0.1, 0.15) is 39.0 Å². The summed E-state index contributed by atoms with van der Waals surface area (Å²) in [6, 6.07) is 0. The molecule has 0 aliphatic heterocycles. The fourth-order valence-electron chi connectivity index (χ4n) is 1.28. The van der Waals surface area contributed by atoms with Crippen LogP contribution in [0.15, 0.2) is 0 Å². The number of aliphatic hydroxyl groups excluding tert-OH is 1. The van der Waals surface area contributed by atoms with Gasteiger partial charge in [-0.15, -0.1) is 0 Å². The Hall–Kier alpha value is -0.360. The van der Waals surface area contributed by atoms with Gasteiger partial charge in [0.25, 0.3) is 0 Å². The standard InChI is InChI=1S/C11H20F4O2/c1-2-3-4-5-6-9(16)7-17-8-11(14,15)10(12)13/h9-10,16H,2-8H2,1H3. The van der Waals surface area contributed by atoms with Gasteiger partial charge < -0.3 is 9.84 Å². The van der Waals surface area contributed by atoms with Crippen molar-refractivity contribution < 1.29 is 27.4 Å². The van der Waals surface area contributed by atoms with Crippen molar-refractivity contribution in [3.63, 3.8) is 0 Å². The Bertz CT molecular complexity index is 188. The van der Waals surface area contributed by atoms with E-state index in [9.17, 15) is 22.7 Å². The number of alkyl halides is 4. The topological polar surface area (TPSA) is 29.5 Å². The molecule has 1 N–H and O–H groups in total. The van der Waals surface area contributed by atoms with Gasteiger partial charge in [0.2, 0.25) is 0 Å². The highest BCUT2D eigenvalue weighted by Crippen LogP contribution is 2.22. The monoisotopic (exact) mass is 260 g/mol. The number of halogens is 4.